The van der Waals surface area contributed by atoms with Gasteiger partial charge < -0.3 is 9.64 Å². The molecule has 3 aromatic rings. The lowest BCUT2D eigenvalue weighted by Crippen LogP contribution is -2.39. The summed E-state index contributed by atoms with van der Waals surface area (Å²) in [5, 5.41) is 9.99. The molecular formula is C22H22N4O6S. The van der Waals surface area contributed by atoms with Gasteiger partial charge in [-0.05, 0) is 50.1 Å². The number of benzene rings is 2. The lowest BCUT2D eigenvalue weighted by molar-refractivity contribution is -0.122. The van der Waals surface area contributed by atoms with Crippen LogP contribution in [0.2, 0.25) is 0 Å². The van der Waals surface area contributed by atoms with Crippen molar-refractivity contribution in [2.75, 3.05) is 11.5 Å². The number of amides is 1. The number of sulfonamides is 1. The summed E-state index contributed by atoms with van der Waals surface area (Å²) in [5.74, 6) is -1.29. The highest BCUT2D eigenvalue weighted by molar-refractivity contribution is 7.89. The average Bonchev–Trinajstić information content (AvgIpc) is 3.12. The van der Waals surface area contributed by atoms with Gasteiger partial charge in [-0.1, -0.05) is 18.2 Å². The van der Waals surface area contributed by atoms with Crippen molar-refractivity contribution in [1.29, 1.82) is 0 Å². The van der Waals surface area contributed by atoms with Gasteiger partial charge in [-0.2, -0.15) is 5.10 Å². The summed E-state index contributed by atoms with van der Waals surface area (Å²) < 4.78 is 29.7. The molecule has 0 aliphatic carbocycles. The Labute approximate surface area is 189 Å². The van der Waals surface area contributed by atoms with Crippen LogP contribution in [0.4, 0.5) is 5.69 Å². The zero-order valence-electron chi connectivity index (χ0n) is 18.0. The molecular weight excluding hydrogens is 448 g/mol. The van der Waals surface area contributed by atoms with E-state index in [-0.39, 0.29) is 28.7 Å². The number of primary sulfonamides is 1. The quantitative estimate of drug-likeness (QED) is 0.552. The van der Waals surface area contributed by atoms with Crippen LogP contribution in [0.5, 0.6) is 0 Å². The maximum Gasteiger partial charge on any atom is 0.359 e. The highest BCUT2D eigenvalue weighted by Crippen LogP contribution is 2.33. The van der Waals surface area contributed by atoms with E-state index in [0.717, 1.165) is 0 Å². The number of fused-ring (bicyclic) bond motifs is 2. The maximum absolute atomic E-state index is 12.9. The molecule has 0 spiro atoms. The van der Waals surface area contributed by atoms with Crippen molar-refractivity contribution in [1.82, 2.24) is 9.78 Å². The third-order valence-electron chi connectivity index (χ3n) is 5.55. The molecule has 10 nitrogen and oxygen atoms in total. The van der Waals surface area contributed by atoms with Crippen LogP contribution in [0.3, 0.4) is 0 Å². The number of carbonyl (C=O) groups is 2. The Morgan fingerprint density at radius 2 is 1.88 bits per heavy atom. The smallest absolute Gasteiger partial charge is 0.359 e. The molecule has 0 bridgehead atoms. The Bertz CT molecular complexity index is 1450. The Balaban J connectivity index is 1.57. The molecule has 1 aliphatic rings. The molecule has 0 fully saturated rings. The van der Waals surface area contributed by atoms with Gasteiger partial charge in [0.2, 0.25) is 10.0 Å². The summed E-state index contributed by atoms with van der Waals surface area (Å²) in [7, 11) is -3.86. The van der Waals surface area contributed by atoms with Gasteiger partial charge in [0.15, 0.2) is 12.3 Å². The second-order valence-corrected chi connectivity index (χ2v) is 9.31. The number of esters is 1. The number of carbonyl (C=O) groups excluding carboxylic acids is 2. The van der Waals surface area contributed by atoms with Crippen molar-refractivity contribution in [2.45, 2.75) is 37.8 Å². The zero-order chi connectivity index (χ0) is 23.9. The average molecular weight is 471 g/mol. The molecule has 11 heteroatoms. The second-order valence-electron chi connectivity index (χ2n) is 7.74. The van der Waals surface area contributed by atoms with Crippen molar-refractivity contribution in [2.24, 2.45) is 5.14 Å². The van der Waals surface area contributed by atoms with E-state index >= 15 is 0 Å². The summed E-state index contributed by atoms with van der Waals surface area (Å²) in [6, 6.07) is 10.6. The Morgan fingerprint density at radius 3 is 2.55 bits per heavy atom. The number of ether oxygens (including phenoxy) is 1. The maximum atomic E-state index is 12.9. The van der Waals surface area contributed by atoms with E-state index in [1.54, 1.807) is 31.2 Å². The van der Waals surface area contributed by atoms with Crippen LogP contribution in [0, 0.1) is 0 Å². The number of nitrogens with zero attached hydrogens (tertiary/aromatic N) is 3. The molecule has 2 N–H and O–H groups in total. The highest BCUT2D eigenvalue weighted by atomic mass is 32.2. The first-order valence-electron chi connectivity index (χ1n) is 10.3. The molecule has 2 aromatic carbocycles. The van der Waals surface area contributed by atoms with Gasteiger partial charge in [-0.25, -0.2) is 23.0 Å². The van der Waals surface area contributed by atoms with Crippen molar-refractivity contribution >= 4 is 38.4 Å². The number of hydrogen-bond acceptors (Lipinski definition) is 7. The van der Waals surface area contributed by atoms with Gasteiger partial charge in [-0.15, -0.1) is 0 Å². The molecule has 0 saturated carbocycles. The number of hydrogen-bond donors (Lipinski definition) is 1. The number of anilines is 1. The molecule has 1 aliphatic heterocycles. The fraction of sp³-hybridized carbons (Fsp3) is 0.273. The Hall–Kier alpha value is -3.57. The number of aryl methyl sites for hydroxylation is 1. The first-order chi connectivity index (χ1) is 15.6. The minimum atomic E-state index is -3.86. The Morgan fingerprint density at radius 1 is 1.18 bits per heavy atom. The van der Waals surface area contributed by atoms with Crippen LogP contribution >= 0.6 is 0 Å². The molecule has 1 aromatic heterocycles. The summed E-state index contributed by atoms with van der Waals surface area (Å²) >= 11 is 0. The van der Waals surface area contributed by atoms with E-state index in [1.807, 2.05) is 6.92 Å². The Kier molecular flexibility index (Phi) is 5.76. The summed E-state index contributed by atoms with van der Waals surface area (Å²) in [6.07, 6.45) is 0.437. The summed E-state index contributed by atoms with van der Waals surface area (Å²) in [5.41, 5.74) is 0.838. The van der Waals surface area contributed by atoms with Gasteiger partial charge in [0.05, 0.1) is 10.3 Å². The van der Waals surface area contributed by atoms with Crippen LogP contribution in [0.25, 0.3) is 10.8 Å². The molecule has 1 atom stereocenters. The molecule has 0 unspecified atom stereocenters. The second kappa shape index (κ2) is 8.41. The number of aromatic nitrogens is 2. The van der Waals surface area contributed by atoms with Crippen LogP contribution < -0.4 is 15.6 Å². The first-order valence-corrected chi connectivity index (χ1v) is 11.8. The first kappa shape index (κ1) is 22.6. The van der Waals surface area contributed by atoms with Crippen molar-refractivity contribution in [3.63, 3.8) is 0 Å². The predicted molar refractivity (Wildman–Crippen MR) is 120 cm³/mol. The van der Waals surface area contributed by atoms with Gasteiger partial charge >= 0.3 is 5.97 Å². The van der Waals surface area contributed by atoms with Gasteiger partial charge in [0, 0.05) is 23.7 Å². The summed E-state index contributed by atoms with van der Waals surface area (Å²) in [4.78, 5) is 39.6. The van der Waals surface area contributed by atoms with E-state index in [4.69, 9.17) is 9.88 Å². The van der Waals surface area contributed by atoms with Crippen LogP contribution in [-0.4, -0.2) is 42.7 Å². The van der Waals surface area contributed by atoms with Gasteiger partial charge in [0.1, 0.15) is 0 Å². The van der Waals surface area contributed by atoms with Gasteiger partial charge in [-0.3, -0.25) is 9.59 Å². The van der Waals surface area contributed by atoms with Crippen molar-refractivity contribution < 1.29 is 22.7 Å². The molecule has 33 heavy (non-hydrogen) atoms. The molecule has 0 saturated heterocycles. The van der Waals surface area contributed by atoms with E-state index in [0.29, 0.717) is 28.4 Å². The lowest BCUT2D eigenvalue weighted by Gasteiger charge is -2.22. The van der Waals surface area contributed by atoms with Crippen molar-refractivity contribution in [3.8, 4) is 0 Å². The van der Waals surface area contributed by atoms with Crippen LogP contribution in [0.1, 0.15) is 29.9 Å². The fourth-order valence-electron chi connectivity index (χ4n) is 4.03. The predicted octanol–water partition coefficient (Wildman–Crippen LogP) is 1.20. The standard InChI is InChI=1S/C22H22N4O6S/c1-3-25-21(28)17-7-5-4-6-16(17)20(24-25)22(29)32-12-19(27)26-13(2)10-14-11-15(33(23,30)31)8-9-18(14)26/h4-9,11,13H,3,10,12H2,1-2H3,(H2,23,30,31)/t13-/m1/s1. The summed E-state index contributed by atoms with van der Waals surface area (Å²) in [6.45, 7) is 3.27. The van der Waals surface area contributed by atoms with Crippen LogP contribution in [-0.2, 0) is 32.5 Å². The SMILES string of the molecule is CCn1nc(C(=O)OCC(=O)N2c3ccc(S(N)(=O)=O)cc3C[C@H]2C)c2ccccc2c1=O. The minimum absolute atomic E-state index is 0.0295. The largest absolute Gasteiger partial charge is 0.451 e. The molecule has 172 valence electrons. The third kappa shape index (κ3) is 4.12. The normalized spacial score (nSPS) is 15.5. The fourth-order valence-corrected chi connectivity index (χ4v) is 4.59. The van der Waals surface area contributed by atoms with Crippen molar-refractivity contribution in [3.05, 3.63) is 64.1 Å². The van der Waals surface area contributed by atoms with Gasteiger partial charge in [0.25, 0.3) is 11.5 Å². The zero-order valence-corrected chi connectivity index (χ0v) is 18.8. The van der Waals surface area contributed by atoms with E-state index in [9.17, 15) is 22.8 Å². The van der Waals surface area contributed by atoms with E-state index < -0.39 is 28.5 Å². The lowest BCUT2D eigenvalue weighted by atomic mass is 10.1. The monoisotopic (exact) mass is 470 g/mol. The van der Waals surface area contributed by atoms with E-state index in [1.165, 1.54) is 27.8 Å². The third-order valence-corrected chi connectivity index (χ3v) is 6.46. The molecule has 2 heterocycles. The highest BCUT2D eigenvalue weighted by Gasteiger charge is 2.32. The topological polar surface area (TPSA) is 142 Å². The number of nitrogens with two attached hydrogens (primary N) is 1. The minimum Gasteiger partial charge on any atom is -0.451 e. The molecule has 0 radical (unpaired) electrons. The number of rotatable bonds is 5. The molecule has 4 rings (SSSR count). The molecule has 1 amide bonds. The van der Waals surface area contributed by atoms with E-state index in [2.05, 4.69) is 5.10 Å². The van der Waals surface area contributed by atoms with Crippen LogP contribution in [0.15, 0.2) is 52.2 Å².